The van der Waals surface area contributed by atoms with Crippen LogP contribution in [0.15, 0.2) is 10.8 Å². The van der Waals surface area contributed by atoms with Crippen LogP contribution in [0, 0.1) is 0 Å². The molecule has 0 fully saturated rings. The molecule has 4 heteroatoms. The zero-order chi connectivity index (χ0) is 7.56. The van der Waals surface area contributed by atoms with Gasteiger partial charge in [0.25, 0.3) is 0 Å². The molecule has 0 saturated carbocycles. The van der Waals surface area contributed by atoms with Gasteiger partial charge in [0.05, 0.1) is 5.56 Å². The summed E-state index contributed by atoms with van der Waals surface area (Å²) in [6.45, 7) is 2.75. The van der Waals surface area contributed by atoms with Crippen molar-refractivity contribution in [3.8, 4) is 0 Å². The van der Waals surface area contributed by atoms with Gasteiger partial charge >= 0.3 is 0 Å². The summed E-state index contributed by atoms with van der Waals surface area (Å²) in [6, 6.07) is 0. The Labute approximate surface area is 67.2 Å². The van der Waals surface area contributed by atoms with Crippen LogP contribution in [0.4, 0.5) is 0 Å². The quantitative estimate of drug-likeness (QED) is 0.682. The number of carbonyl (C=O) groups excluding carboxylic acids is 1. The van der Waals surface area contributed by atoms with Crippen LogP contribution in [0.5, 0.6) is 0 Å². The van der Waals surface area contributed by atoms with Gasteiger partial charge in [0.1, 0.15) is 4.60 Å². The minimum atomic E-state index is 0.599. The molecule has 0 unspecified atom stereocenters. The summed E-state index contributed by atoms with van der Waals surface area (Å²) in [4.78, 5) is 10.3. The lowest BCUT2D eigenvalue weighted by Crippen LogP contribution is -1.92. The van der Waals surface area contributed by atoms with Crippen molar-refractivity contribution in [3.63, 3.8) is 0 Å². The van der Waals surface area contributed by atoms with Crippen molar-refractivity contribution in [2.45, 2.75) is 13.5 Å². The number of nitrogens with zero attached hydrogens (tertiary/aromatic N) is 2. The monoisotopic (exact) mass is 202 g/mol. The van der Waals surface area contributed by atoms with Crippen molar-refractivity contribution >= 4 is 22.2 Å². The molecule has 0 aromatic carbocycles. The molecule has 0 amide bonds. The molecule has 0 spiro atoms. The van der Waals surface area contributed by atoms with E-state index in [0.29, 0.717) is 10.2 Å². The highest BCUT2D eigenvalue weighted by molar-refractivity contribution is 9.10. The van der Waals surface area contributed by atoms with Crippen molar-refractivity contribution in [2.24, 2.45) is 0 Å². The molecular weight excluding hydrogens is 196 g/mol. The van der Waals surface area contributed by atoms with Crippen molar-refractivity contribution in [1.82, 2.24) is 9.78 Å². The highest BCUT2D eigenvalue weighted by atomic mass is 79.9. The zero-order valence-electron chi connectivity index (χ0n) is 5.54. The van der Waals surface area contributed by atoms with Crippen LogP contribution in [0.2, 0.25) is 0 Å². The maximum atomic E-state index is 10.3. The minimum absolute atomic E-state index is 0.599. The number of hydrogen-bond donors (Lipinski definition) is 0. The fraction of sp³-hybridized carbons (Fsp3) is 0.333. The Balaban J connectivity index is 3.03. The summed E-state index contributed by atoms with van der Waals surface area (Å²) < 4.78 is 2.32. The Kier molecular flexibility index (Phi) is 2.21. The second-order valence-corrected chi connectivity index (χ2v) is 2.60. The predicted octanol–water partition coefficient (Wildman–Crippen LogP) is 1.48. The second-order valence-electron chi connectivity index (χ2n) is 1.85. The first-order valence-corrected chi connectivity index (χ1v) is 3.75. The van der Waals surface area contributed by atoms with Gasteiger partial charge in [-0.25, -0.2) is 0 Å². The summed E-state index contributed by atoms with van der Waals surface area (Å²) in [5.74, 6) is 0. The van der Waals surface area contributed by atoms with E-state index in [1.807, 2.05) is 6.92 Å². The highest BCUT2D eigenvalue weighted by Gasteiger charge is 2.01. The van der Waals surface area contributed by atoms with Gasteiger partial charge in [0.2, 0.25) is 0 Å². The molecule has 0 N–H and O–H groups in total. The molecule has 0 atom stereocenters. The summed E-state index contributed by atoms with van der Waals surface area (Å²) in [5, 5.41) is 4.00. The second kappa shape index (κ2) is 2.96. The first kappa shape index (κ1) is 7.47. The maximum Gasteiger partial charge on any atom is 0.154 e. The standard InChI is InChI=1S/C6H7BrN2O/c1-2-9-3-5(4-10)6(7)8-9/h3-4H,2H2,1H3. The minimum Gasteiger partial charge on any atom is -0.298 e. The average molecular weight is 203 g/mol. The topological polar surface area (TPSA) is 34.9 Å². The summed E-state index contributed by atoms with van der Waals surface area (Å²) in [7, 11) is 0. The molecular formula is C6H7BrN2O. The van der Waals surface area contributed by atoms with Gasteiger partial charge in [0, 0.05) is 12.7 Å². The number of carbonyl (C=O) groups is 1. The predicted molar refractivity (Wildman–Crippen MR) is 41.0 cm³/mol. The number of aryl methyl sites for hydroxylation is 1. The Hall–Kier alpha value is -0.640. The van der Waals surface area contributed by atoms with Crippen molar-refractivity contribution in [1.29, 1.82) is 0 Å². The van der Waals surface area contributed by atoms with E-state index in [4.69, 9.17) is 0 Å². The lowest BCUT2D eigenvalue weighted by molar-refractivity contribution is 0.112. The van der Waals surface area contributed by atoms with E-state index in [9.17, 15) is 4.79 Å². The molecule has 0 radical (unpaired) electrons. The molecule has 0 bridgehead atoms. The molecule has 10 heavy (non-hydrogen) atoms. The molecule has 1 aromatic rings. The SMILES string of the molecule is CCn1cc(C=O)c(Br)n1. The number of halogens is 1. The van der Waals surface area contributed by atoms with Gasteiger partial charge in [-0.05, 0) is 22.9 Å². The average Bonchev–Trinajstić information content (AvgIpc) is 2.30. The van der Waals surface area contributed by atoms with E-state index < -0.39 is 0 Å². The van der Waals surface area contributed by atoms with E-state index in [1.165, 1.54) is 0 Å². The normalized spacial score (nSPS) is 9.80. The largest absolute Gasteiger partial charge is 0.298 e. The third-order valence-corrected chi connectivity index (χ3v) is 1.81. The Bertz CT molecular complexity index is 244. The Morgan fingerprint density at radius 2 is 2.60 bits per heavy atom. The summed E-state index contributed by atoms with van der Waals surface area (Å²) in [6.07, 6.45) is 2.49. The van der Waals surface area contributed by atoms with Crippen LogP contribution in [0.3, 0.4) is 0 Å². The molecule has 1 aromatic heterocycles. The van der Waals surface area contributed by atoms with Gasteiger partial charge in [0.15, 0.2) is 6.29 Å². The van der Waals surface area contributed by atoms with Crippen LogP contribution in [0.25, 0.3) is 0 Å². The van der Waals surface area contributed by atoms with Crippen molar-refractivity contribution in [2.75, 3.05) is 0 Å². The zero-order valence-corrected chi connectivity index (χ0v) is 7.13. The molecule has 0 aliphatic carbocycles. The Morgan fingerprint density at radius 1 is 1.90 bits per heavy atom. The smallest absolute Gasteiger partial charge is 0.154 e. The first-order chi connectivity index (χ1) is 4.77. The van der Waals surface area contributed by atoms with Gasteiger partial charge in [-0.3, -0.25) is 9.48 Å². The molecule has 54 valence electrons. The lowest BCUT2D eigenvalue weighted by atomic mass is 10.4. The van der Waals surface area contributed by atoms with Gasteiger partial charge < -0.3 is 0 Å². The maximum absolute atomic E-state index is 10.3. The van der Waals surface area contributed by atoms with E-state index in [2.05, 4.69) is 21.0 Å². The van der Waals surface area contributed by atoms with Gasteiger partial charge in [-0.2, -0.15) is 5.10 Å². The molecule has 0 aliphatic heterocycles. The van der Waals surface area contributed by atoms with Crippen LogP contribution in [-0.2, 0) is 6.54 Å². The third-order valence-electron chi connectivity index (χ3n) is 1.19. The third kappa shape index (κ3) is 1.26. The summed E-state index contributed by atoms with van der Waals surface area (Å²) >= 11 is 3.15. The van der Waals surface area contributed by atoms with E-state index in [1.54, 1.807) is 10.9 Å². The fourth-order valence-corrected chi connectivity index (χ4v) is 1.05. The van der Waals surface area contributed by atoms with Crippen LogP contribution in [-0.4, -0.2) is 16.1 Å². The summed E-state index contributed by atoms with van der Waals surface area (Å²) in [5.41, 5.74) is 0.599. The van der Waals surface area contributed by atoms with Crippen molar-refractivity contribution < 1.29 is 4.79 Å². The number of aromatic nitrogens is 2. The van der Waals surface area contributed by atoms with E-state index in [-0.39, 0.29) is 0 Å². The number of rotatable bonds is 2. The molecule has 0 saturated heterocycles. The Morgan fingerprint density at radius 3 is 2.90 bits per heavy atom. The van der Waals surface area contributed by atoms with Crippen LogP contribution >= 0.6 is 15.9 Å². The number of hydrogen-bond acceptors (Lipinski definition) is 2. The molecule has 1 heterocycles. The van der Waals surface area contributed by atoms with Gasteiger partial charge in [-0.1, -0.05) is 0 Å². The first-order valence-electron chi connectivity index (χ1n) is 2.96. The lowest BCUT2D eigenvalue weighted by Gasteiger charge is -1.88. The van der Waals surface area contributed by atoms with E-state index >= 15 is 0 Å². The van der Waals surface area contributed by atoms with Crippen LogP contribution < -0.4 is 0 Å². The van der Waals surface area contributed by atoms with E-state index in [0.717, 1.165) is 12.8 Å². The number of aldehydes is 1. The van der Waals surface area contributed by atoms with Crippen LogP contribution in [0.1, 0.15) is 17.3 Å². The molecule has 0 aliphatic rings. The molecule has 3 nitrogen and oxygen atoms in total. The highest BCUT2D eigenvalue weighted by Crippen LogP contribution is 2.10. The van der Waals surface area contributed by atoms with Crippen molar-refractivity contribution in [3.05, 3.63) is 16.4 Å². The molecule has 1 rings (SSSR count). The fourth-order valence-electron chi connectivity index (χ4n) is 0.654. The van der Waals surface area contributed by atoms with Gasteiger partial charge in [-0.15, -0.1) is 0 Å².